The predicted octanol–water partition coefficient (Wildman–Crippen LogP) is 2.45. The molecular formula is C10H16O2S. The maximum atomic E-state index is 9.02. The third kappa shape index (κ3) is 3.01. The summed E-state index contributed by atoms with van der Waals surface area (Å²) in [7, 11) is 0. The predicted molar refractivity (Wildman–Crippen MR) is 55.4 cm³/mol. The molecule has 0 aliphatic heterocycles. The molecule has 0 aliphatic carbocycles. The number of ether oxygens (including phenoxy) is 1. The second kappa shape index (κ2) is 4.11. The molecule has 13 heavy (non-hydrogen) atoms. The van der Waals surface area contributed by atoms with E-state index in [4.69, 9.17) is 9.84 Å². The number of aryl methyl sites for hydroxylation is 1. The van der Waals surface area contributed by atoms with Gasteiger partial charge in [-0.2, -0.15) is 0 Å². The molecule has 0 spiro atoms. The lowest BCUT2D eigenvalue weighted by atomic mass is 9.97. The van der Waals surface area contributed by atoms with Crippen molar-refractivity contribution in [3.63, 3.8) is 0 Å². The van der Waals surface area contributed by atoms with E-state index in [-0.39, 0.29) is 12.0 Å². The van der Waals surface area contributed by atoms with Crippen LogP contribution in [0.25, 0.3) is 0 Å². The molecule has 3 heteroatoms. The zero-order chi connectivity index (χ0) is 9.90. The summed E-state index contributed by atoms with van der Waals surface area (Å²) < 4.78 is 5.59. The van der Waals surface area contributed by atoms with Crippen molar-refractivity contribution in [2.24, 2.45) is 5.41 Å². The van der Waals surface area contributed by atoms with Gasteiger partial charge >= 0.3 is 0 Å². The molecule has 0 saturated carbocycles. The van der Waals surface area contributed by atoms with Gasteiger partial charge in [-0.25, -0.2) is 0 Å². The third-order valence-electron chi connectivity index (χ3n) is 1.84. The first-order chi connectivity index (χ1) is 6.05. The maximum absolute atomic E-state index is 9.02. The maximum Gasteiger partial charge on any atom is 0.176 e. The molecule has 1 heterocycles. The van der Waals surface area contributed by atoms with E-state index in [2.05, 4.69) is 0 Å². The fourth-order valence-corrected chi connectivity index (χ4v) is 1.59. The minimum atomic E-state index is -0.156. The Morgan fingerprint density at radius 2 is 2.23 bits per heavy atom. The van der Waals surface area contributed by atoms with Crippen molar-refractivity contribution in [1.82, 2.24) is 0 Å². The molecule has 1 rings (SSSR count). The highest BCUT2D eigenvalue weighted by molar-refractivity contribution is 7.12. The van der Waals surface area contributed by atoms with Gasteiger partial charge in [0.05, 0.1) is 13.2 Å². The molecule has 0 atom stereocenters. The Hall–Kier alpha value is -0.540. The molecule has 0 aromatic carbocycles. The number of hydrogen-bond donors (Lipinski definition) is 1. The van der Waals surface area contributed by atoms with Crippen LogP contribution in [0.15, 0.2) is 11.4 Å². The number of thiophene rings is 1. The molecule has 0 saturated heterocycles. The molecule has 1 N–H and O–H groups in total. The Balaban J connectivity index is 2.48. The molecule has 1 aromatic heterocycles. The average molecular weight is 200 g/mol. The minimum Gasteiger partial charge on any atom is -0.483 e. The van der Waals surface area contributed by atoms with Gasteiger partial charge in [-0.3, -0.25) is 0 Å². The van der Waals surface area contributed by atoms with Crippen LogP contribution in [0.4, 0.5) is 0 Å². The first kappa shape index (κ1) is 10.5. The molecular weight excluding hydrogens is 184 g/mol. The molecule has 0 bridgehead atoms. The Morgan fingerprint density at radius 3 is 2.69 bits per heavy atom. The van der Waals surface area contributed by atoms with Gasteiger partial charge in [0.15, 0.2) is 5.06 Å². The first-order valence-corrected chi connectivity index (χ1v) is 5.21. The summed E-state index contributed by atoms with van der Waals surface area (Å²) in [5.74, 6) is 0. The van der Waals surface area contributed by atoms with Crippen molar-refractivity contribution >= 4 is 11.3 Å². The number of rotatable bonds is 4. The fraction of sp³-hybridized carbons (Fsp3) is 0.600. The van der Waals surface area contributed by atoms with Gasteiger partial charge in [-0.15, -0.1) is 11.3 Å². The second-order valence-corrected chi connectivity index (χ2v) is 4.88. The second-order valence-electron chi connectivity index (χ2n) is 4.00. The van der Waals surface area contributed by atoms with Crippen LogP contribution < -0.4 is 4.74 Å². The van der Waals surface area contributed by atoms with E-state index in [0.29, 0.717) is 6.61 Å². The van der Waals surface area contributed by atoms with Crippen LogP contribution in [0, 0.1) is 12.3 Å². The van der Waals surface area contributed by atoms with Crippen molar-refractivity contribution in [3.05, 3.63) is 17.0 Å². The lowest BCUT2D eigenvalue weighted by Gasteiger charge is -2.21. The Kier molecular flexibility index (Phi) is 3.33. The molecule has 0 aliphatic rings. The van der Waals surface area contributed by atoms with Gasteiger partial charge < -0.3 is 9.84 Å². The van der Waals surface area contributed by atoms with Crippen LogP contribution in [0.1, 0.15) is 19.4 Å². The Labute approximate surface area is 83.2 Å². The van der Waals surface area contributed by atoms with Crippen LogP contribution in [-0.2, 0) is 0 Å². The smallest absolute Gasteiger partial charge is 0.176 e. The highest BCUT2D eigenvalue weighted by Gasteiger charge is 2.18. The normalized spacial score (nSPS) is 11.7. The highest BCUT2D eigenvalue weighted by Crippen LogP contribution is 2.26. The lowest BCUT2D eigenvalue weighted by Crippen LogP contribution is -2.25. The summed E-state index contributed by atoms with van der Waals surface area (Å²) in [6.07, 6.45) is 0. The van der Waals surface area contributed by atoms with E-state index in [9.17, 15) is 0 Å². The van der Waals surface area contributed by atoms with Crippen molar-refractivity contribution in [2.45, 2.75) is 20.8 Å². The molecule has 0 amide bonds. The molecule has 74 valence electrons. The van der Waals surface area contributed by atoms with Gasteiger partial charge in [0.25, 0.3) is 0 Å². The van der Waals surface area contributed by atoms with E-state index in [1.165, 1.54) is 5.56 Å². The summed E-state index contributed by atoms with van der Waals surface area (Å²) in [6, 6.07) is 2.03. The van der Waals surface area contributed by atoms with Gasteiger partial charge in [-0.05, 0) is 18.4 Å². The lowest BCUT2D eigenvalue weighted by molar-refractivity contribution is 0.0992. The summed E-state index contributed by atoms with van der Waals surface area (Å²) in [5.41, 5.74) is 1.01. The highest BCUT2D eigenvalue weighted by atomic mass is 32.1. The standard InChI is InChI=1S/C10H16O2S/c1-8-4-5-13-9(8)12-7-10(2,3)6-11/h4-5,11H,6-7H2,1-3H3. The SMILES string of the molecule is Cc1ccsc1OCC(C)(C)CO. The quantitative estimate of drug-likeness (QED) is 0.809. The van der Waals surface area contributed by atoms with Crippen LogP contribution in [0.5, 0.6) is 5.06 Å². The van der Waals surface area contributed by atoms with Crippen molar-refractivity contribution in [1.29, 1.82) is 0 Å². The Morgan fingerprint density at radius 1 is 1.54 bits per heavy atom. The number of aliphatic hydroxyl groups excluding tert-OH is 1. The van der Waals surface area contributed by atoms with Crippen molar-refractivity contribution in [2.75, 3.05) is 13.2 Å². The molecule has 1 aromatic rings. The van der Waals surface area contributed by atoms with E-state index >= 15 is 0 Å². The van der Waals surface area contributed by atoms with E-state index in [0.717, 1.165) is 5.06 Å². The third-order valence-corrected chi connectivity index (χ3v) is 2.76. The number of aliphatic hydroxyl groups is 1. The summed E-state index contributed by atoms with van der Waals surface area (Å²) in [6.45, 7) is 6.70. The van der Waals surface area contributed by atoms with Gasteiger partial charge in [0.1, 0.15) is 0 Å². The van der Waals surface area contributed by atoms with E-state index in [1.807, 2.05) is 32.2 Å². The van der Waals surface area contributed by atoms with Crippen molar-refractivity contribution in [3.8, 4) is 5.06 Å². The van der Waals surface area contributed by atoms with E-state index in [1.54, 1.807) is 11.3 Å². The van der Waals surface area contributed by atoms with Crippen molar-refractivity contribution < 1.29 is 9.84 Å². The molecule has 0 unspecified atom stereocenters. The van der Waals surface area contributed by atoms with Gasteiger partial charge in [-0.1, -0.05) is 13.8 Å². The summed E-state index contributed by atoms with van der Waals surface area (Å²) in [4.78, 5) is 0. The van der Waals surface area contributed by atoms with Crippen LogP contribution in [0.3, 0.4) is 0 Å². The van der Waals surface area contributed by atoms with Gasteiger partial charge in [0, 0.05) is 11.0 Å². The first-order valence-electron chi connectivity index (χ1n) is 4.33. The average Bonchev–Trinajstić information content (AvgIpc) is 2.48. The zero-order valence-corrected chi connectivity index (χ0v) is 9.15. The number of hydrogen-bond acceptors (Lipinski definition) is 3. The zero-order valence-electron chi connectivity index (χ0n) is 8.33. The summed E-state index contributed by atoms with van der Waals surface area (Å²) in [5, 5.41) is 12.0. The summed E-state index contributed by atoms with van der Waals surface area (Å²) >= 11 is 1.60. The van der Waals surface area contributed by atoms with Crippen LogP contribution in [-0.4, -0.2) is 18.3 Å². The van der Waals surface area contributed by atoms with E-state index < -0.39 is 0 Å². The Bertz CT molecular complexity index is 266. The molecule has 0 radical (unpaired) electrons. The van der Waals surface area contributed by atoms with Gasteiger partial charge in [0.2, 0.25) is 0 Å². The topological polar surface area (TPSA) is 29.5 Å². The molecule has 0 fully saturated rings. The monoisotopic (exact) mass is 200 g/mol. The fourth-order valence-electron chi connectivity index (χ4n) is 0.813. The van der Waals surface area contributed by atoms with Crippen LogP contribution >= 0.6 is 11.3 Å². The largest absolute Gasteiger partial charge is 0.483 e. The minimum absolute atomic E-state index is 0.150. The molecule has 2 nitrogen and oxygen atoms in total. The van der Waals surface area contributed by atoms with Crippen LogP contribution in [0.2, 0.25) is 0 Å².